The molecule has 22 heavy (non-hydrogen) atoms. The van der Waals surface area contributed by atoms with Crippen LogP contribution in [0.4, 0.5) is 5.69 Å². The van der Waals surface area contributed by atoms with E-state index in [1.54, 1.807) is 0 Å². The molecule has 0 radical (unpaired) electrons. The number of nitrogens with zero attached hydrogens (tertiary/aromatic N) is 1. The third kappa shape index (κ3) is 3.81. The number of fused-ring (bicyclic) bond motifs is 1. The Morgan fingerprint density at radius 3 is 2.86 bits per heavy atom. The van der Waals surface area contributed by atoms with Gasteiger partial charge in [-0.25, -0.2) is 4.98 Å². The number of para-hydroxylation sites is 1. The zero-order valence-electron chi connectivity index (χ0n) is 11.7. The Bertz CT molecular complexity index is 788. The topological polar surface area (TPSA) is 57.8 Å². The first kappa shape index (κ1) is 14.9. The third-order valence-corrected chi connectivity index (χ3v) is 4.16. The van der Waals surface area contributed by atoms with Gasteiger partial charge in [0.05, 0.1) is 11.0 Å². The number of aromatic amines is 1. The molecule has 112 valence electrons. The Morgan fingerprint density at radius 2 is 2.05 bits per heavy atom. The number of imidazole rings is 1. The summed E-state index contributed by atoms with van der Waals surface area (Å²) in [5.41, 5.74) is 2.60. The molecule has 1 amide bonds. The molecule has 0 unspecified atom stereocenters. The number of rotatable bonds is 5. The van der Waals surface area contributed by atoms with Crippen molar-refractivity contribution in [3.05, 3.63) is 53.6 Å². The first-order chi connectivity index (χ1) is 10.7. The molecule has 1 heterocycles. The first-order valence-electron chi connectivity index (χ1n) is 6.84. The number of halogens is 1. The van der Waals surface area contributed by atoms with Gasteiger partial charge in [-0.15, -0.1) is 0 Å². The second-order valence-electron chi connectivity index (χ2n) is 4.72. The fourth-order valence-electron chi connectivity index (χ4n) is 2.01. The number of aromatic nitrogens is 2. The molecular weight excluding hydrogens is 318 g/mol. The maximum Gasteiger partial charge on any atom is 0.225 e. The van der Waals surface area contributed by atoms with Crippen molar-refractivity contribution in [2.75, 3.05) is 11.1 Å². The molecule has 0 aliphatic heterocycles. The predicted octanol–water partition coefficient (Wildman–Crippen LogP) is 4.34. The van der Waals surface area contributed by atoms with Gasteiger partial charge in [0.25, 0.3) is 0 Å². The highest BCUT2D eigenvalue weighted by Gasteiger charge is 2.06. The standard InChI is InChI=1S/C16H14ClN3OS/c17-11-6-7-13-14(10-11)20-16(19-13)22-9-8-15(21)18-12-4-2-1-3-5-12/h1-7,10H,8-9H2,(H,18,21)(H,19,20). The quantitative estimate of drug-likeness (QED) is 0.684. The van der Waals surface area contributed by atoms with Gasteiger partial charge in [-0.05, 0) is 30.3 Å². The number of carbonyl (C=O) groups excluding carboxylic acids is 1. The van der Waals surface area contributed by atoms with Crippen LogP contribution in [-0.2, 0) is 4.79 Å². The molecule has 3 rings (SSSR count). The van der Waals surface area contributed by atoms with Gasteiger partial charge in [-0.1, -0.05) is 41.6 Å². The third-order valence-electron chi connectivity index (χ3n) is 3.05. The number of carbonyl (C=O) groups is 1. The minimum absolute atomic E-state index is 0.00199. The Morgan fingerprint density at radius 1 is 1.23 bits per heavy atom. The highest BCUT2D eigenvalue weighted by atomic mass is 35.5. The van der Waals surface area contributed by atoms with Crippen molar-refractivity contribution in [3.63, 3.8) is 0 Å². The summed E-state index contributed by atoms with van der Waals surface area (Å²) in [4.78, 5) is 19.5. The van der Waals surface area contributed by atoms with Gasteiger partial charge >= 0.3 is 0 Å². The summed E-state index contributed by atoms with van der Waals surface area (Å²) in [6.45, 7) is 0. The molecule has 2 aromatic carbocycles. The minimum Gasteiger partial charge on any atom is -0.333 e. The molecule has 3 aromatic rings. The first-order valence-corrected chi connectivity index (χ1v) is 8.20. The van der Waals surface area contributed by atoms with Crippen LogP contribution in [0.1, 0.15) is 6.42 Å². The number of nitrogens with one attached hydrogen (secondary N) is 2. The van der Waals surface area contributed by atoms with Crippen LogP contribution in [0, 0.1) is 0 Å². The van der Waals surface area contributed by atoms with Crippen molar-refractivity contribution in [1.29, 1.82) is 0 Å². The summed E-state index contributed by atoms with van der Waals surface area (Å²) in [5.74, 6) is 0.657. The second-order valence-corrected chi connectivity index (χ2v) is 6.24. The minimum atomic E-state index is -0.00199. The van der Waals surface area contributed by atoms with E-state index in [2.05, 4.69) is 15.3 Å². The zero-order valence-corrected chi connectivity index (χ0v) is 13.2. The average Bonchev–Trinajstić information content (AvgIpc) is 2.90. The van der Waals surface area contributed by atoms with Gasteiger partial charge in [0.15, 0.2) is 5.16 Å². The Hall–Kier alpha value is -1.98. The van der Waals surface area contributed by atoms with Crippen LogP contribution in [0.15, 0.2) is 53.7 Å². The van der Waals surface area contributed by atoms with Gasteiger partial charge in [0, 0.05) is 22.9 Å². The van der Waals surface area contributed by atoms with Crippen molar-refractivity contribution in [2.45, 2.75) is 11.6 Å². The number of hydrogen-bond acceptors (Lipinski definition) is 3. The zero-order chi connectivity index (χ0) is 15.4. The summed E-state index contributed by atoms with van der Waals surface area (Å²) >= 11 is 7.46. The van der Waals surface area contributed by atoms with E-state index in [4.69, 9.17) is 11.6 Å². The summed E-state index contributed by atoms with van der Waals surface area (Å²) in [6, 6.07) is 15.0. The van der Waals surface area contributed by atoms with E-state index >= 15 is 0 Å². The van der Waals surface area contributed by atoms with Crippen molar-refractivity contribution in [1.82, 2.24) is 9.97 Å². The number of benzene rings is 2. The molecule has 0 atom stereocenters. The van der Waals surface area contributed by atoms with Crippen LogP contribution >= 0.6 is 23.4 Å². The maximum absolute atomic E-state index is 11.8. The van der Waals surface area contributed by atoms with Crippen molar-refractivity contribution in [3.8, 4) is 0 Å². The van der Waals surface area contributed by atoms with Gasteiger partial charge in [-0.2, -0.15) is 0 Å². The molecule has 1 aromatic heterocycles. The van der Waals surface area contributed by atoms with Crippen LogP contribution in [-0.4, -0.2) is 21.6 Å². The average molecular weight is 332 g/mol. The normalized spacial score (nSPS) is 10.8. The summed E-state index contributed by atoms with van der Waals surface area (Å²) in [6.07, 6.45) is 0.428. The Balaban J connectivity index is 1.52. The summed E-state index contributed by atoms with van der Waals surface area (Å²) in [5, 5.41) is 4.33. The molecule has 0 fully saturated rings. The second kappa shape index (κ2) is 6.85. The monoisotopic (exact) mass is 331 g/mol. The number of H-pyrrole nitrogens is 1. The predicted molar refractivity (Wildman–Crippen MR) is 91.5 cm³/mol. The Kier molecular flexibility index (Phi) is 4.65. The van der Waals surface area contributed by atoms with E-state index in [9.17, 15) is 4.79 Å². The number of hydrogen-bond donors (Lipinski definition) is 2. The fourth-order valence-corrected chi connectivity index (χ4v) is 3.01. The lowest BCUT2D eigenvalue weighted by Gasteiger charge is -2.03. The summed E-state index contributed by atoms with van der Waals surface area (Å²) < 4.78 is 0. The van der Waals surface area contributed by atoms with E-state index in [1.165, 1.54) is 11.8 Å². The molecule has 0 aliphatic rings. The lowest BCUT2D eigenvalue weighted by Crippen LogP contribution is -2.11. The molecule has 0 spiro atoms. The molecule has 0 saturated heterocycles. The van der Waals surface area contributed by atoms with Crippen LogP contribution < -0.4 is 5.32 Å². The van der Waals surface area contributed by atoms with Crippen LogP contribution in [0.2, 0.25) is 5.02 Å². The van der Waals surface area contributed by atoms with Crippen molar-refractivity contribution >= 4 is 46.0 Å². The summed E-state index contributed by atoms with van der Waals surface area (Å²) in [7, 11) is 0. The SMILES string of the molecule is O=C(CCSc1nc2ccc(Cl)cc2[nH]1)Nc1ccccc1. The van der Waals surface area contributed by atoms with Crippen molar-refractivity contribution in [2.24, 2.45) is 0 Å². The van der Waals surface area contributed by atoms with E-state index in [-0.39, 0.29) is 5.91 Å². The van der Waals surface area contributed by atoms with Crippen LogP contribution in [0.3, 0.4) is 0 Å². The highest BCUT2D eigenvalue weighted by molar-refractivity contribution is 7.99. The molecule has 0 aliphatic carbocycles. The number of thioether (sulfide) groups is 1. The molecular formula is C16H14ClN3OS. The van der Waals surface area contributed by atoms with E-state index in [1.807, 2.05) is 48.5 Å². The van der Waals surface area contributed by atoms with E-state index in [0.717, 1.165) is 21.9 Å². The highest BCUT2D eigenvalue weighted by Crippen LogP contribution is 2.22. The largest absolute Gasteiger partial charge is 0.333 e. The van der Waals surface area contributed by atoms with Gasteiger partial charge in [0.2, 0.25) is 5.91 Å². The van der Waals surface area contributed by atoms with E-state index in [0.29, 0.717) is 17.2 Å². The van der Waals surface area contributed by atoms with E-state index < -0.39 is 0 Å². The van der Waals surface area contributed by atoms with Crippen molar-refractivity contribution < 1.29 is 4.79 Å². The maximum atomic E-state index is 11.8. The smallest absolute Gasteiger partial charge is 0.225 e. The van der Waals surface area contributed by atoms with Gasteiger partial charge < -0.3 is 10.3 Å². The molecule has 4 nitrogen and oxygen atoms in total. The molecule has 0 saturated carbocycles. The number of amides is 1. The lowest BCUT2D eigenvalue weighted by molar-refractivity contribution is -0.115. The van der Waals surface area contributed by atoms with Gasteiger partial charge in [0.1, 0.15) is 0 Å². The fraction of sp³-hybridized carbons (Fsp3) is 0.125. The van der Waals surface area contributed by atoms with Gasteiger partial charge in [-0.3, -0.25) is 4.79 Å². The van der Waals surface area contributed by atoms with Crippen LogP contribution in [0.25, 0.3) is 11.0 Å². The lowest BCUT2D eigenvalue weighted by atomic mass is 10.3. The van der Waals surface area contributed by atoms with Crippen LogP contribution in [0.5, 0.6) is 0 Å². The molecule has 6 heteroatoms. The Labute approximate surface area is 137 Å². The molecule has 2 N–H and O–H groups in total. The molecule has 0 bridgehead atoms. The number of anilines is 1.